The normalized spacial score (nSPS) is 10.9. The first-order chi connectivity index (χ1) is 13.9. The molecule has 3 aromatic rings. The van der Waals surface area contributed by atoms with E-state index in [0.29, 0.717) is 0 Å². The maximum absolute atomic E-state index is 10.6. The fourth-order valence-electron chi connectivity index (χ4n) is 2.55. The Morgan fingerprint density at radius 1 is 1.17 bits per heavy atom. The zero-order valence-electron chi connectivity index (χ0n) is 16.7. The lowest BCUT2D eigenvalue weighted by atomic mass is 10.1. The highest BCUT2D eigenvalue weighted by Gasteiger charge is 2.17. The summed E-state index contributed by atoms with van der Waals surface area (Å²) in [4.78, 5) is 9.00. The average molecular weight is 435 g/mol. The maximum Gasteiger partial charge on any atom is 0.296 e. The van der Waals surface area contributed by atoms with Gasteiger partial charge in [0.15, 0.2) is 0 Å². The van der Waals surface area contributed by atoms with Gasteiger partial charge < -0.3 is 5.73 Å². The lowest BCUT2D eigenvalue weighted by Crippen LogP contribution is -2.48. The number of nitro groups is 1. The molecule has 1 aromatic heterocycles. The van der Waals surface area contributed by atoms with Crippen LogP contribution in [0.5, 0.6) is 0 Å². The summed E-state index contributed by atoms with van der Waals surface area (Å²) in [6.45, 7) is 6.71. The molecule has 2 aromatic carbocycles. The van der Waals surface area contributed by atoms with E-state index in [9.17, 15) is 18.5 Å². The lowest BCUT2D eigenvalue weighted by molar-refractivity contribution is -0.652. The molecule has 1 heterocycles. The molecular formula is C18H23N6O5S+. The van der Waals surface area contributed by atoms with Gasteiger partial charge in [0.1, 0.15) is 11.4 Å². The molecule has 0 saturated carbocycles. The minimum absolute atomic E-state index is 0.338. The molecule has 3 rings (SSSR count). The number of nitrogens with two attached hydrogens (primary N) is 2. The van der Waals surface area contributed by atoms with Crippen molar-refractivity contribution in [2.75, 3.05) is 11.6 Å². The van der Waals surface area contributed by atoms with Crippen LogP contribution >= 0.6 is 0 Å². The molecule has 0 aliphatic rings. The number of aryl methyl sites for hydroxylation is 2. The van der Waals surface area contributed by atoms with Crippen molar-refractivity contribution in [3.8, 4) is 0 Å². The predicted molar refractivity (Wildman–Crippen MR) is 110 cm³/mol. The first-order valence-corrected chi connectivity index (χ1v) is 10.1. The SMILES string of the molecule is Cc1ccc(Cn2nc(C)[n+](N)c2C)cc1.Nc1cc([N+](=O)[O-])ccc1S(=O)(=O)O. The molecule has 0 spiro atoms. The average Bonchev–Trinajstić information content (AvgIpc) is 2.90. The molecule has 0 radical (unpaired) electrons. The first kappa shape index (κ1) is 22.8. The van der Waals surface area contributed by atoms with Gasteiger partial charge in [0, 0.05) is 31.1 Å². The molecule has 11 nitrogen and oxygen atoms in total. The molecule has 0 aliphatic heterocycles. The molecule has 0 aliphatic carbocycles. The predicted octanol–water partition coefficient (Wildman–Crippen LogP) is 1.28. The van der Waals surface area contributed by atoms with E-state index < -0.39 is 19.9 Å². The fourth-order valence-corrected chi connectivity index (χ4v) is 3.15. The van der Waals surface area contributed by atoms with Crippen molar-refractivity contribution in [3.63, 3.8) is 0 Å². The van der Waals surface area contributed by atoms with Gasteiger partial charge >= 0.3 is 0 Å². The van der Waals surface area contributed by atoms with Crippen molar-refractivity contribution < 1.29 is 22.6 Å². The van der Waals surface area contributed by atoms with Gasteiger partial charge in [-0.05, 0) is 18.6 Å². The Morgan fingerprint density at radius 2 is 1.77 bits per heavy atom. The van der Waals surface area contributed by atoms with E-state index in [1.165, 1.54) is 11.1 Å². The van der Waals surface area contributed by atoms with Gasteiger partial charge in [-0.3, -0.25) is 20.5 Å². The summed E-state index contributed by atoms with van der Waals surface area (Å²) in [5, 5.41) is 14.6. The molecular weight excluding hydrogens is 412 g/mol. The van der Waals surface area contributed by atoms with Crippen LogP contribution < -0.4 is 16.3 Å². The third-order valence-electron chi connectivity index (χ3n) is 4.27. The van der Waals surface area contributed by atoms with Gasteiger partial charge in [0.2, 0.25) is 0 Å². The van der Waals surface area contributed by atoms with Crippen LogP contribution in [0.4, 0.5) is 11.4 Å². The van der Waals surface area contributed by atoms with Crippen LogP contribution in [0.3, 0.4) is 0 Å². The molecule has 0 unspecified atom stereocenters. The van der Waals surface area contributed by atoms with Crippen LogP contribution in [0.25, 0.3) is 0 Å². The first-order valence-electron chi connectivity index (χ1n) is 8.68. The number of hydrogen-bond acceptors (Lipinski definition) is 7. The van der Waals surface area contributed by atoms with Gasteiger partial charge in [-0.25, -0.2) is 0 Å². The molecule has 12 heteroatoms. The van der Waals surface area contributed by atoms with Gasteiger partial charge in [0.05, 0.1) is 10.6 Å². The summed E-state index contributed by atoms with van der Waals surface area (Å²) < 4.78 is 33.4. The Balaban J connectivity index is 0.000000216. The van der Waals surface area contributed by atoms with E-state index in [2.05, 4.69) is 36.3 Å². The monoisotopic (exact) mass is 435 g/mol. The van der Waals surface area contributed by atoms with E-state index in [0.717, 1.165) is 36.4 Å². The number of hydrogen-bond donors (Lipinski definition) is 3. The number of rotatable bonds is 4. The van der Waals surface area contributed by atoms with Crippen LogP contribution in [-0.2, 0) is 16.7 Å². The van der Waals surface area contributed by atoms with Gasteiger partial charge in [-0.2, -0.15) is 8.42 Å². The summed E-state index contributed by atoms with van der Waals surface area (Å²) >= 11 is 0. The molecule has 160 valence electrons. The van der Waals surface area contributed by atoms with Crippen molar-refractivity contribution in [2.45, 2.75) is 32.2 Å². The number of aromatic nitrogens is 3. The van der Waals surface area contributed by atoms with Gasteiger partial charge in [-0.15, -0.1) is 9.36 Å². The largest absolute Gasteiger partial charge is 0.397 e. The second-order valence-electron chi connectivity index (χ2n) is 6.56. The molecule has 5 N–H and O–H groups in total. The van der Waals surface area contributed by atoms with Crippen molar-refractivity contribution >= 4 is 21.5 Å². The Bertz CT molecular complexity index is 1170. The number of nitro benzene ring substituents is 1. The fraction of sp³-hybridized carbons (Fsp3) is 0.222. The summed E-state index contributed by atoms with van der Waals surface area (Å²) in [6, 6.07) is 11.1. The smallest absolute Gasteiger partial charge is 0.296 e. The van der Waals surface area contributed by atoms with Crippen LogP contribution in [-0.4, -0.2) is 27.7 Å². The molecule has 0 amide bonds. The Hall–Kier alpha value is -3.51. The summed E-state index contributed by atoms with van der Waals surface area (Å²) in [5.74, 6) is 7.59. The maximum atomic E-state index is 10.6. The zero-order valence-corrected chi connectivity index (χ0v) is 17.5. The van der Waals surface area contributed by atoms with E-state index >= 15 is 0 Å². The minimum Gasteiger partial charge on any atom is -0.397 e. The van der Waals surface area contributed by atoms with Crippen molar-refractivity contribution in [3.05, 3.63) is 75.4 Å². The Kier molecular flexibility index (Phi) is 6.74. The van der Waals surface area contributed by atoms with Crippen LogP contribution in [0, 0.1) is 30.9 Å². The second-order valence-corrected chi connectivity index (χ2v) is 7.95. The molecule has 0 fully saturated rings. The highest BCUT2D eigenvalue weighted by Crippen LogP contribution is 2.23. The highest BCUT2D eigenvalue weighted by molar-refractivity contribution is 7.86. The van der Waals surface area contributed by atoms with Crippen LogP contribution in [0.15, 0.2) is 47.4 Å². The molecule has 0 bridgehead atoms. The topological polar surface area (TPSA) is 171 Å². The molecule has 30 heavy (non-hydrogen) atoms. The van der Waals surface area contributed by atoms with Crippen molar-refractivity contribution in [2.24, 2.45) is 0 Å². The van der Waals surface area contributed by atoms with Crippen molar-refractivity contribution in [1.29, 1.82) is 0 Å². The van der Waals surface area contributed by atoms with Crippen molar-refractivity contribution in [1.82, 2.24) is 9.78 Å². The lowest BCUT2D eigenvalue weighted by Gasteiger charge is -2.00. The Morgan fingerprint density at radius 3 is 2.20 bits per heavy atom. The summed E-state index contributed by atoms with van der Waals surface area (Å²) in [5.41, 5.74) is 7.01. The van der Waals surface area contributed by atoms with E-state index in [1.54, 1.807) is 4.68 Å². The zero-order chi connectivity index (χ0) is 22.6. The minimum atomic E-state index is -4.42. The third kappa shape index (κ3) is 5.52. The number of anilines is 1. The molecule has 0 saturated heterocycles. The van der Waals surface area contributed by atoms with Gasteiger partial charge in [-0.1, -0.05) is 29.8 Å². The quantitative estimate of drug-likeness (QED) is 0.137. The summed E-state index contributed by atoms with van der Waals surface area (Å²) in [6.07, 6.45) is 0. The summed E-state index contributed by atoms with van der Waals surface area (Å²) in [7, 11) is -4.42. The number of benzene rings is 2. The third-order valence-corrected chi connectivity index (χ3v) is 5.20. The molecule has 0 atom stereocenters. The van der Waals surface area contributed by atoms with E-state index in [4.69, 9.17) is 16.1 Å². The highest BCUT2D eigenvalue weighted by atomic mass is 32.2. The number of nitrogen functional groups attached to an aromatic ring is 2. The van der Waals surface area contributed by atoms with Crippen LogP contribution in [0.2, 0.25) is 0 Å². The van der Waals surface area contributed by atoms with Gasteiger partial charge in [0.25, 0.3) is 27.5 Å². The number of nitrogens with zero attached hydrogens (tertiary/aromatic N) is 4. The second kappa shape index (κ2) is 8.88. The van der Waals surface area contributed by atoms with E-state index in [1.807, 2.05) is 18.5 Å². The number of non-ortho nitro benzene ring substituents is 1. The van der Waals surface area contributed by atoms with Crippen LogP contribution in [0.1, 0.15) is 22.8 Å². The Labute approximate surface area is 173 Å². The van der Waals surface area contributed by atoms with E-state index in [-0.39, 0.29) is 11.4 Å². The standard InChI is InChI=1S/C12H17N4.C6H6N2O5S/c1-9-4-6-12(7-5-9)8-15-11(3)16(13)10(2)14-15;7-5-3-4(8(9)10)1-2-6(5)14(11,12)13/h4-7H,8,13H2,1-3H3;1-3H,7H2,(H,11,12,13)/q+1;.